The first-order chi connectivity index (χ1) is 9.56. The Morgan fingerprint density at radius 1 is 1.35 bits per heavy atom. The van der Waals surface area contributed by atoms with Crippen LogP contribution < -0.4 is 11.2 Å². The summed E-state index contributed by atoms with van der Waals surface area (Å²) in [7, 11) is 0. The number of nitrogens with two attached hydrogens (primary N) is 1. The molecule has 0 spiro atoms. The van der Waals surface area contributed by atoms with Gasteiger partial charge in [0.15, 0.2) is 5.11 Å². The van der Waals surface area contributed by atoms with Crippen molar-refractivity contribution in [2.75, 3.05) is 6.54 Å². The van der Waals surface area contributed by atoms with E-state index in [0.717, 1.165) is 28.2 Å². The SMILES string of the molecule is NC(=S)NN1C=CN(CCc2ccccc2Cl)C(Br)=C1. The number of hydrazine groups is 1. The van der Waals surface area contributed by atoms with Crippen molar-refractivity contribution in [2.24, 2.45) is 5.73 Å². The van der Waals surface area contributed by atoms with Crippen molar-refractivity contribution >= 4 is 44.9 Å². The summed E-state index contributed by atoms with van der Waals surface area (Å²) >= 11 is 14.5. The Balaban J connectivity index is 1.94. The van der Waals surface area contributed by atoms with Gasteiger partial charge in [-0.25, -0.2) is 0 Å². The van der Waals surface area contributed by atoms with Crippen LogP contribution in [0.15, 0.2) is 47.5 Å². The number of hydrogen-bond acceptors (Lipinski definition) is 3. The number of benzene rings is 1. The monoisotopic (exact) mass is 372 g/mol. The van der Waals surface area contributed by atoms with Crippen LogP contribution in [0.2, 0.25) is 5.02 Å². The third kappa shape index (κ3) is 4.13. The van der Waals surface area contributed by atoms with Crippen LogP contribution in [-0.4, -0.2) is 21.6 Å². The zero-order chi connectivity index (χ0) is 14.5. The number of nitrogens with zero attached hydrogens (tertiary/aromatic N) is 2. The molecule has 4 nitrogen and oxygen atoms in total. The van der Waals surface area contributed by atoms with Crippen molar-refractivity contribution in [1.82, 2.24) is 15.3 Å². The van der Waals surface area contributed by atoms with Gasteiger partial charge in [0, 0.05) is 24.0 Å². The fourth-order valence-electron chi connectivity index (χ4n) is 1.78. The Bertz CT molecular complexity index is 561. The van der Waals surface area contributed by atoms with Gasteiger partial charge in [0.1, 0.15) is 4.61 Å². The van der Waals surface area contributed by atoms with Crippen LogP contribution >= 0.6 is 39.7 Å². The van der Waals surface area contributed by atoms with E-state index < -0.39 is 0 Å². The fraction of sp³-hybridized carbons (Fsp3) is 0.154. The van der Waals surface area contributed by atoms with Crippen molar-refractivity contribution in [3.05, 3.63) is 58.1 Å². The Hall–Kier alpha value is -1.24. The van der Waals surface area contributed by atoms with Crippen molar-refractivity contribution in [2.45, 2.75) is 6.42 Å². The largest absolute Gasteiger partial charge is 0.375 e. The first-order valence-corrected chi connectivity index (χ1v) is 7.54. The van der Waals surface area contributed by atoms with E-state index in [0.29, 0.717) is 0 Å². The molecule has 0 bridgehead atoms. The molecule has 0 fully saturated rings. The lowest BCUT2D eigenvalue weighted by Gasteiger charge is -2.28. The molecule has 0 aliphatic carbocycles. The molecule has 0 radical (unpaired) electrons. The van der Waals surface area contributed by atoms with Crippen LogP contribution in [-0.2, 0) is 6.42 Å². The van der Waals surface area contributed by atoms with E-state index in [-0.39, 0.29) is 5.11 Å². The maximum absolute atomic E-state index is 6.15. The summed E-state index contributed by atoms with van der Waals surface area (Å²) < 4.78 is 0.913. The number of rotatable bonds is 4. The molecule has 1 heterocycles. The summed E-state index contributed by atoms with van der Waals surface area (Å²) in [5.74, 6) is 0. The highest BCUT2D eigenvalue weighted by Gasteiger charge is 2.11. The molecule has 1 aromatic carbocycles. The average molecular weight is 374 g/mol. The van der Waals surface area contributed by atoms with Gasteiger partial charge in [-0.05, 0) is 46.2 Å². The summed E-state index contributed by atoms with van der Waals surface area (Å²) in [5.41, 5.74) is 9.37. The van der Waals surface area contributed by atoms with Gasteiger partial charge < -0.3 is 10.6 Å². The second kappa shape index (κ2) is 6.97. The normalized spacial score (nSPS) is 14.2. The van der Waals surface area contributed by atoms with Crippen molar-refractivity contribution in [1.29, 1.82) is 0 Å². The Morgan fingerprint density at radius 2 is 2.10 bits per heavy atom. The molecule has 106 valence electrons. The van der Waals surface area contributed by atoms with Crippen LogP contribution in [0.4, 0.5) is 0 Å². The van der Waals surface area contributed by atoms with E-state index in [1.54, 1.807) is 5.01 Å². The molecule has 1 aromatic rings. The summed E-state index contributed by atoms with van der Waals surface area (Å²) in [6, 6.07) is 7.86. The molecule has 2 rings (SSSR count). The second-order valence-electron chi connectivity index (χ2n) is 4.17. The van der Waals surface area contributed by atoms with Crippen molar-refractivity contribution in [3.8, 4) is 0 Å². The van der Waals surface area contributed by atoms with E-state index in [4.69, 9.17) is 29.6 Å². The summed E-state index contributed by atoms with van der Waals surface area (Å²) in [4.78, 5) is 2.07. The van der Waals surface area contributed by atoms with E-state index >= 15 is 0 Å². The van der Waals surface area contributed by atoms with Gasteiger partial charge in [-0.15, -0.1) is 0 Å². The molecule has 0 atom stereocenters. The third-order valence-electron chi connectivity index (χ3n) is 2.75. The zero-order valence-electron chi connectivity index (χ0n) is 10.6. The number of thiocarbonyl (C=S) groups is 1. The van der Waals surface area contributed by atoms with Gasteiger partial charge in [-0.2, -0.15) is 0 Å². The van der Waals surface area contributed by atoms with Gasteiger partial charge >= 0.3 is 0 Å². The molecule has 1 aliphatic heterocycles. The lowest BCUT2D eigenvalue weighted by atomic mass is 10.1. The minimum atomic E-state index is 0.218. The van der Waals surface area contributed by atoms with Crippen LogP contribution in [0.3, 0.4) is 0 Å². The number of halogens is 2. The molecular formula is C13H14BrClN4S. The lowest BCUT2D eigenvalue weighted by molar-refractivity contribution is 0.391. The number of nitrogens with one attached hydrogen (secondary N) is 1. The molecule has 0 saturated heterocycles. The highest BCUT2D eigenvalue weighted by Crippen LogP contribution is 2.21. The summed E-state index contributed by atoms with van der Waals surface area (Å²) in [5, 5.41) is 2.71. The average Bonchev–Trinajstić information content (AvgIpc) is 2.39. The quantitative estimate of drug-likeness (QED) is 0.627. The topological polar surface area (TPSA) is 44.5 Å². The zero-order valence-corrected chi connectivity index (χ0v) is 13.8. The van der Waals surface area contributed by atoms with Crippen molar-refractivity contribution < 1.29 is 0 Å². The van der Waals surface area contributed by atoms with Crippen molar-refractivity contribution in [3.63, 3.8) is 0 Å². The number of hydrogen-bond donors (Lipinski definition) is 2. The molecule has 20 heavy (non-hydrogen) atoms. The highest BCUT2D eigenvalue weighted by atomic mass is 79.9. The summed E-state index contributed by atoms with van der Waals surface area (Å²) in [6.45, 7) is 0.818. The van der Waals surface area contributed by atoms with Gasteiger partial charge in [0.05, 0.1) is 6.20 Å². The Labute approximate surface area is 137 Å². The molecule has 0 unspecified atom stereocenters. The fourth-order valence-corrected chi connectivity index (χ4v) is 2.63. The van der Waals surface area contributed by atoms with Crippen LogP contribution in [0.25, 0.3) is 0 Å². The predicted octanol–water partition coefficient (Wildman–Crippen LogP) is 2.91. The van der Waals surface area contributed by atoms with Gasteiger partial charge in [-0.1, -0.05) is 29.8 Å². The molecule has 0 saturated carbocycles. The molecule has 1 aliphatic rings. The van der Waals surface area contributed by atoms with E-state index in [1.165, 1.54) is 0 Å². The molecule has 0 aromatic heterocycles. The van der Waals surface area contributed by atoms with Gasteiger partial charge in [-0.3, -0.25) is 10.4 Å². The first kappa shape index (κ1) is 15.2. The predicted molar refractivity (Wildman–Crippen MR) is 89.8 cm³/mol. The smallest absolute Gasteiger partial charge is 0.183 e. The standard InChI is InChI=1S/C13H14BrClN4S/c14-12-9-19(17-13(16)20)8-7-18(12)6-5-10-3-1-2-4-11(10)15/h1-4,7-9H,5-6H2,(H3,16,17,20). The van der Waals surface area contributed by atoms with Gasteiger partial charge in [0.25, 0.3) is 0 Å². The van der Waals surface area contributed by atoms with Crippen LogP contribution in [0.5, 0.6) is 0 Å². The molecule has 7 heteroatoms. The van der Waals surface area contributed by atoms with E-state index in [2.05, 4.69) is 26.3 Å². The van der Waals surface area contributed by atoms with Crippen LogP contribution in [0.1, 0.15) is 5.56 Å². The molecule has 0 amide bonds. The van der Waals surface area contributed by atoms with Crippen LogP contribution in [0, 0.1) is 0 Å². The lowest BCUT2D eigenvalue weighted by Crippen LogP contribution is -2.40. The maximum Gasteiger partial charge on any atom is 0.183 e. The Morgan fingerprint density at radius 3 is 2.75 bits per heavy atom. The first-order valence-electron chi connectivity index (χ1n) is 5.96. The third-order valence-corrected chi connectivity index (χ3v) is 3.87. The highest BCUT2D eigenvalue weighted by molar-refractivity contribution is 9.11. The van der Waals surface area contributed by atoms with E-state index in [1.807, 2.05) is 42.9 Å². The molecular weight excluding hydrogens is 360 g/mol. The maximum atomic E-state index is 6.15. The summed E-state index contributed by atoms with van der Waals surface area (Å²) in [6.07, 6.45) is 6.49. The van der Waals surface area contributed by atoms with E-state index in [9.17, 15) is 0 Å². The minimum Gasteiger partial charge on any atom is -0.375 e. The second-order valence-corrected chi connectivity index (χ2v) is 5.83. The molecule has 3 N–H and O–H groups in total. The Kier molecular flexibility index (Phi) is 5.28. The van der Waals surface area contributed by atoms with Gasteiger partial charge in [0.2, 0.25) is 0 Å². The minimum absolute atomic E-state index is 0.218.